The van der Waals surface area contributed by atoms with Crippen molar-refractivity contribution in [2.45, 2.75) is 0 Å². The zero-order valence-electron chi connectivity index (χ0n) is 38.7. The number of nitrogens with zero attached hydrogens (tertiary/aromatic N) is 2. The number of aromatic hydroxyl groups is 2. The van der Waals surface area contributed by atoms with Gasteiger partial charge < -0.3 is 10.2 Å². The Morgan fingerprint density at radius 2 is 0.535 bits per heavy atom. The van der Waals surface area contributed by atoms with Crippen LogP contribution in [0.15, 0.2) is 267 Å². The summed E-state index contributed by atoms with van der Waals surface area (Å²) in [5.41, 5.74) is 3.45. The molecule has 9 heteroatoms. The molecule has 4 nitrogen and oxygen atoms in total. The Kier molecular flexibility index (Phi) is 13.9. The Bertz CT molecular complexity index is 3260. The zero-order chi connectivity index (χ0) is 47.3. The van der Waals surface area contributed by atoms with Crippen molar-refractivity contribution < 1.29 is 29.7 Å². The molecule has 0 saturated carbocycles. The van der Waals surface area contributed by atoms with Crippen molar-refractivity contribution in [2.24, 2.45) is 0 Å². The molecule has 0 aliphatic carbocycles. The van der Waals surface area contributed by atoms with Gasteiger partial charge in [-0.25, -0.2) is 9.97 Å². The van der Waals surface area contributed by atoms with Crippen LogP contribution in [0.4, 0.5) is 0 Å². The maximum atomic E-state index is 10.4. The molecule has 0 aliphatic rings. The van der Waals surface area contributed by atoms with E-state index in [0.29, 0.717) is 0 Å². The third-order valence-electron chi connectivity index (χ3n) is 13.2. The molecule has 2 heterocycles. The van der Waals surface area contributed by atoms with Crippen molar-refractivity contribution in [3.63, 3.8) is 0 Å². The smallest absolute Gasteiger partial charge is 0.179 e. The number of phenolic OH excluding ortho intramolecular Hbond substituents is 2. The van der Waals surface area contributed by atoms with Crippen LogP contribution in [0, 0.1) is 0 Å². The number of para-hydroxylation sites is 2. The van der Waals surface area contributed by atoms with Crippen LogP contribution in [-0.4, -0.2) is 36.3 Å². The molecular weight excluding hydrogens is 990 g/mol. The van der Waals surface area contributed by atoms with Gasteiger partial charge in [-0.1, -0.05) is 218 Å². The van der Waals surface area contributed by atoms with E-state index in [1.807, 2.05) is 36.4 Å². The normalized spacial score (nSPS) is 11.4. The molecule has 2 aromatic heterocycles. The number of hydrogen-bond donors (Lipinski definition) is 2. The zero-order valence-corrected chi connectivity index (χ0v) is 45.3. The average molecular weight is 1040 g/mol. The fraction of sp³-hybridized carbons (Fsp3) is 0. The van der Waals surface area contributed by atoms with Crippen LogP contribution in [0.25, 0.3) is 41.6 Å². The first kappa shape index (κ1) is 47.3. The minimum atomic E-state index is -2.57. The van der Waals surface area contributed by atoms with Crippen molar-refractivity contribution in [1.29, 1.82) is 0 Å². The van der Waals surface area contributed by atoms with E-state index in [9.17, 15) is 10.2 Å². The second-order valence-electron chi connectivity index (χ2n) is 17.1. The number of benzene rings is 10. The predicted octanol–water partition coefficient (Wildman–Crippen LogP) is 10.1. The van der Waals surface area contributed by atoms with Crippen LogP contribution in [0.1, 0.15) is 0 Å². The van der Waals surface area contributed by atoms with E-state index >= 15 is 0 Å². The molecule has 0 fully saturated rings. The van der Waals surface area contributed by atoms with Crippen LogP contribution in [0.2, 0.25) is 0 Å². The number of aromatic nitrogens is 2. The minimum Gasteiger partial charge on any atom is -0.507 e. The van der Waals surface area contributed by atoms with Crippen LogP contribution in [0.5, 0.6) is 11.5 Å². The molecule has 12 rings (SSSR count). The molecule has 338 valence electrons. The van der Waals surface area contributed by atoms with Gasteiger partial charge in [0, 0.05) is 19.5 Å². The van der Waals surface area contributed by atoms with E-state index in [-0.39, 0.29) is 31.0 Å². The van der Waals surface area contributed by atoms with E-state index in [1.54, 1.807) is 34.8 Å². The third kappa shape index (κ3) is 8.93. The first-order valence-electron chi connectivity index (χ1n) is 23.3. The molecule has 0 unspecified atom stereocenters. The van der Waals surface area contributed by atoms with Gasteiger partial charge in [0.15, 0.2) is 16.1 Å². The average Bonchev–Trinajstić information content (AvgIpc) is 4.06. The van der Waals surface area contributed by atoms with Gasteiger partial charge in [0.25, 0.3) is 0 Å². The number of phenols is 2. The molecule has 0 spiro atoms. The minimum absolute atomic E-state index is 0. The van der Waals surface area contributed by atoms with Crippen molar-refractivity contribution in [1.82, 2.24) is 9.97 Å². The largest absolute Gasteiger partial charge is 0.507 e. The topological polar surface area (TPSA) is 66.2 Å². The van der Waals surface area contributed by atoms with E-state index in [2.05, 4.69) is 218 Å². The molecule has 2 N–H and O–H groups in total. The summed E-state index contributed by atoms with van der Waals surface area (Å²) in [6.45, 7) is 0. The summed E-state index contributed by atoms with van der Waals surface area (Å²) in [6.07, 6.45) is 0. The van der Waals surface area contributed by atoms with Gasteiger partial charge in [-0.15, -0.1) is 22.7 Å². The molecule has 0 aliphatic heterocycles. The number of thiazole rings is 2. The Morgan fingerprint density at radius 1 is 0.282 bits per heavy atom. The van der Waals surface area contributed by atoms with Crippen molar-refractivity contribution in [2.75, 3.05) is 0 Å². The maximum Gasteiger partial charge on any atom is 0.179 e. The molecule has 12 aromatic rings. The van der Waals surface area contributed by atoms with Crippen LogP contribution >= 0.6 is 22.7 Å². The Labute approximate surface area is 436 Å². The number of fused-ring (bicyclic) bond motifs is 2. The second kappa shape index (κ2) is 20.9. The first-order valence-corrected chi connectivity index (χ1v) is 28.9. The van der Waals surface area contributed by atoms with E-state index in [1.165, 1.54) is 41.5 Å². The third-order valence-corrected chi connectivity index (χ3v) is 24.8. The molecule has 0 radical (unpaired) electrons. The molecule has 71 heavy (non-hydrogen) atoms. The second-order valence-corrected chi connectivity index (χ2v) is 26.8. The fourth-order valence-electron chi connectivity index (χ4n) is 9.98. The fourth-order valence-corrected chi connectivity index (χ4v) is 21.8. The van der Waals surface area contributed by atoms with Crippen LogP contribution < -0.4 is 41.5 Å². The van der Waals surface area contributed by atoms with Crippen molar-refractivity contribution in [3.8, 4) is 32.6 Å². The van der Waals surface area contributed by atoms with Crippen molar-refractivity contribution >= 4 is 101 Å². The van der Waals surface area contributed by atoms with E-state index < -0.39 is 16.1 Å². The monoisotopic (exact) mass is 1030 g/mol. The Hall–Kier alpha value is -7.36. The van der Waals surface area contributed by atoms with Gasteiger partial charge in [-0.2, -0.15) is 0 Å². The Morgan fingerprint density at radius 3 is 0.803 bits per heavy atom. The predicted molar refractivity (Wildman–Crippen MR) is 301 cm³/mol. The van der Waals surface area contributed by atoms with Gasteiger partial charge in [-0.05, 0) is 90.0 Å². The molecule has 0 bridgehead atoms. The van der Waals surface area contributed by atoms with Crippen LogP contribution in [0.3, 0.4) is 0 Å². The molecule has 10 aromatic carbocycles. The van der Waals surface area contributed by atoms with Gasteiger partial charge >= 0.3 is 0 Å². The summed E-state index contributed by atoms with van der Waals surface area (Å²) < 4.78 is 2.25. The SMILES string of the molecule is Oc1ccccc1-c1nc2ccc([Si](c3ccccc3)(c3ccccc3)c3ccccc3)cc2s1.Oc1ccccc1-c1nc2ccc([Si](c3ccccc3)(c3ccccc3)c3ccccc3)cc2s1.[Zn]. The number of hydrogen-bond acceptors (Lipinski definition) is 6. The van der Waals surface area contributed by atoms with Gasteiger partial charge in [0.1, 0.15) is 21.5 Å². The summed E-state index contributed by atoms with van der Waals surface area (Å²) in [6, 6.07) is 93.8. The van der Waals surface area contributed by atoms with Gasteiger partial charge in [0.2, 0.25) is 0 Å². The standard InChI is InChI=1S/2C31H23NOSSi.Zn/c2*33-29-19-11-10-18-27(29)31-32-28-21-20-26(22-30(28)34-31)35(23-12-4-1-5-13-23,24-14-6-2-7-15-24)25-16-8-3-9-17-25;/h2*1-22,33H;. The number of rotatable bonds is 10. The molecule has 0 atom stereocenters. The summed E-state index contributed by atoms with van der Waals surface area (Å²) in [7, 11) is -5.14. The van der Waals surface area contributed by atoms with Crippen molar-refractivity contribution in [3.05, 3.63) is 267 Å². The van der Waals surface area contributed by atoms with E-state index in [0.717, 1.165) is 41.6 Å². The van der Waals surface area contributed by atoms with Gasteiger partial charge in [-0.3, -0.25) is 0 Å². The maximum absolute atomic E-state index is 10.4. The summed E-state index contributed by atoms with van der Waals surface area (Å²) in [5, 5.41) is 33.2. The quantitative estimate of drug-likeness (QED) is 0.106. The molecule has 0 saturated heterocycles. The van der Waals surface area contributed by atoms with Gasteiger partial charge in [0.05, 0.1) is 31.6 Å². The summed E-state index contributed by atoms with van der Waals surface area (Å²) in [4.78, 5) is 9.72. The molecular formula is C62H46N2O2S2Si2Zn. The van der Waals surface area contributed by atoms with E-state index in [4.69, 9.17) is 9.97 Å². The first-order chi connectivity index (χ1) is 34.5. The Balaban J connectivity index is 0.000000162. The summed E-state index contributed by atoms with van der Waals surface area (Å²) in [5.74, 6) is 0.515. The molecule has 0 amide bonds. The summed E-state index contributed by atoms with van der Waals surface area (Å²) >= 11 is 3.26. The van der Waals surface area contributed by atoms with Crippen LogP contribution in [-0.2, 0) is 19.5 Å².